The Labute approximate surface area is 192 Å². The highest BCUT2D eigenvalue weighted by Crippen LogP contribution is 2.32. The van der Waals surface area contributed by atoms with E-state index in [2.05, 4.69) is 50.6 Å². The number of thioether (sulfide) groups is 1. The zero-order chi connectivity index (χ0) is 22.1. The molecule has 3 unspecified atom stereocenters. The lowest BCUT2D eigenvalue weighted by molar-refractivity contribution is -0.134. The second kappa shape index (κ2) is 9.27. The number of ether oxygens (including phenoxy) is 1. The highest BCUT2D eigenvalue weighted by molar-refractivity contribution is 7.99. The number of nitrogens with one attached hydrogen (secondary N) is 1. The molecule has 0 saturated carbocycles. The maximum Gasteiger partial charge on any atom is 0.233 e. The number of benzene rings is 1. The van der Waals surface area contributed by atoms with E-state index in [-0.39, 0.29) is 12.0 Å². The maximum absolute atomic E-state index is 13.1. The van der Waals surface area contributed by atoms with Crippen molar-refractivity contribution in [2.45, 2.75) is 75.8 Å². The average molecular weight is 454 g/mol. The van der Waals surface area contributed by atoms with Gasteiger partial charge in [-0.25, -0.2) is 0 Å². The van der Waals surface area contributed by atoms with E-state index in [4.69, 9.17) is 4.74 Å². The first-order valence-corrected chi connectivity index (χ1v) is 12.7. The fraction of sp³-hybridized carbons (Fsp3) is 0.542. The number of H-pyrrole nitrogens is 1. The summed E-state index contributed by atoms with van der Waals surface area (Å²) in [5, 5.41) is 11.0. The van der Waals surface area contributed by atoms with Crippen molar-refractivity contribution in [1.82, 2.24) is 24.6 Å². The van der Waals surface area contributed by atoms with Crippen molar-refractivity contribution < 1.29 is 9.53 Å². The molecule has 3 aromatic rings. The SMILES string of the molecule is CC1CCCC(C)N1C(=O)CSc1nnc(-c2c[nH]c3ccccc23)n1CC1CCCO1. The molecule has 1 N–H and O–H groups in total. The van der Waals surface area contributed by atoms with Crippen molar-refractivity contribution in [1.29, 1.82) is 0 Å². The fourth-order valence-corrected chi connectivity index (χ4v) is 5.94. The van der Waals surface area contributed by atoms with Crippen molar-refractivity contribution in [2.24, 2.45) is 0 Å². The quantitative estimate of drug-likeness (QED) is 0.557. The Morgan fingerprint density at radius 2 is 1.97 bits per heavy atom. The minimum absolute atomic E-state index is 0.159. The number of carbonyl (C=O) groups is 1. The van der Waals surface area contributed by atoms with Crippen LogP contribution in [0.15, 0.2) is 35.6 Å². The predicted octanol–water partition coefficient (Wildman–Crippen LogP) is 4.49. The van der Waals surface area contributed by atoms with Crippen LogP contribution in [0.3, 0.4) is 0 Å². The van der Waals surface area contributed by atoms with Crippen molar-refractivity contribution >= 4 is 28.6 Å². The number of aromatic nitrogens is 4. The molecule has 32 heavy (non-hydrogen) atoms. The van der Waals surface area contributed by atoms with Crippen LogP contribution in [0.1, 0.15) is 46.0 Å². The number of para-hydroxylation sites is 1. The summed E-state index contributed by atoms with van der Waals surface area (Å²) in [6.07, 6.45) is 7.65. The molecule has 170 valence electrons. The number of fused-ring (bicyclic) bond motifs is 1. The van der Waals surface area contributed by atoms with Crippen molar-refractivity contribution in [3.8, 4) is 11.4 Å². The van der Waals surface area contributed by atoms with Crippen molar-refractivity contribution in [3.05, 3.63) is 30.5 Å². The lowest BCUT2D eigenvalue weighted by Gasteiger charge is -2.39. The first-order chi connectivity index (χ1) is 15.6. The van der Waals surface area contributed by atoms with Crippen LogP contribution < -0.4 is 0 Å². The molecule has 5 rings (SSSR count). The summed E-state index contributed by atoms with van der Waals surface area (Å²) in [6.45, 7) is 5.83. The first-order valence-electron chi connectivity index (χ1n) is 11.7. The van der Waals surface area contributed by atoms with Gasteiger partial charge in [-0.15, -0.1) is 10.2 Å². The van der Waals surface area contributed by atoms with Crippen LogP contribution in [0.5, 0.6) is 0 Å². The number of carbonyl (C=O) groups excluding carboxylic acids is 1. The molecule has 2 saturated heterocycles. The second-order valence-electron chi connectivity index (χ2n) is 9.02. The number of rotatable bonds is 6. The molecule has 2 aromatic heterocycles. The molecule has 4 heterocycles. The fourth-order valence-electron chi connectivity index (χ4n) is 5.12. The van der Waals surface area contributed by atoms with Crippen molar-refractivity contribution in [3.63, 3.8) is 0 Å². The second-order valence-corrected chi connectivity index (χ2v) is 9.96. The minimum Gasteiger partial charge on any atom is -0.376 e. The van der Waals surface area contributed by atoms with Gasteiger partial charge in [-0.2, -0.15) is 0 Å². The molecule has 1 amide bonds. The molecule has 8 heteroatoms. The normalized spacial score (nSPS) is 23.8. The topological polar surface area (TPSA) is 76.0 Å². The Bertz CT molecular complexity index is 1080. The van der Waals surface area contributed by atoms with E-state index in [1.54, 1.807) is 0 Å². The van der Waals surface area contributed by atoms with Crippen LogP contribution >= 0.6 is 11.8 Å². The maximum atomic E-state index is 13.1. The summed E-state index contributed by atoms with van der Waals surface area (Å²) in [5.74, 6) is 1.40. The third-order valence-electron chi connectivity index (χ3n) is 6.76. The molecule has 0 aliphatic carbocycles. The zero-order valence-electron chi connectivity index (χ0n) is 18.8. The number of piperidine rings is 1. The van der Waals surface area contributed by atoms with Gasteiger partial charge in [0.25, 0.3) is 0 Å². The van der Waals surface area contributed by atoms with E-state index < -0.39 is 0 Å². The summed E-state index contributed by atoms with van der Waals surface area (Å²) in [5.41, 5.74) is 2.11. The third kappa shape index (κ3) is 4.18. The summed E-state index contributed by atoms with van der Waals surface area (Å²) < 4.78 is 8.07. The van der Waals surface area contributed by atoms with Crippen LogP contribution in [0.4, 0.5) is 0 Å². The summed E-state index contributed by atoms with van der Waals surface area (Å²) >= 11 is 1.49. The molecule has 2 aliphatic rings. The van der Waals surface area contributed by atoms with Gasteiger partial charge < -0.3 is 14.6 Å². The van der Waals surface area contributed by atoms with E-state index in [1.165, 1.54) is 18.2 Å². The molecular weight excluding hydrogens is 422 g/mol. The number of likely N-dealkylation sites (tertiary alicyclic amines) is 1. The molecule has 2 aliphatic heterocycles. The minimum atomic E-state index is 0.159. The van der Waals surface area contributed by atoms with Gasteiger partial charge >= 0.3 is 0 Å². The molecule has 1 aromatic carbocycles. The van der Waals surface area contributed by atoms with E-state index >= 15 is 0 Å². The Morgan fingerprint density at radius 1 is 1.16 bits per heavy atom. The van der Waals surface area contributed by atoms with Gasteiger partial charge in [0.15, 0.2) is 11.0 Å². The van der Waals surface area contributed by atoms with Crippen molar-refractivity contribution in [2.75, 3.05) is 12.4 Å². The highest BCUT2D eigenvalue weighted by atomic mass is 32.2. The van der Waals surface area contributed by atoms with Gasteiger partial charge in [0.1, 0.15) is 0 Å². The number of nitrogens with zero attached hydrogens (tertiary/aromatic N) is 4. The molecule has 0 radical (unpaired) electrons. The van der Waals surface area contributed by atoms with Gasteiger partial charge in [0.05, 0.1) is 18.4 Å². The monoisotopic (exact) mass is 453 g/mol. The summed E-state index contributed by atoms with van der Waals surface area (Å²) in [6, 6.07) is 8.83. The van der Waals surface area contributed by atoms with Gasteiger partial charge in [-0.1, -0.05) is 30.0 Å². The van der Waals surface area contributed by atoms with Crippen LogP contribution in [-0.4, -0.2) is 61.1 Å². The largest absolute Gasteiger partial charge is 0.376 e. The van der Waals surface area contributed by atoms with Gasteiger partial charge in [-0.3, -0.25) is 9.36 Å². The Morgan fingerprint density at radius 3 is 2.75 bits per heavy atom. The lowest BCUT2D eigenvalue weighted by atomic mass is 9.98. The standard InChI is InChI=1S/C24H31N5O2S/c1-16-7-5-8-17(2)29(16)22(30)15-32-24-27-26-23(28(24)14-18-9-6-12-31-18)20-13-25-21-11-4-3-10-19(20)21/h3-4,10-11,13,16-18,25H,5-9,12,14-15H2,1-2H3. The average Bonchev–Trinajstić information content (AvgIpc) is 3.53. The smallest absolute Gasteiger partial charge is 0.233 e. The summed E-state index contributed by atoms with van der Waals surface area (Å²) in [7, 11) is 0. The van der Waals surface area contributed by atoms with Gasteiger partial charge in [-0.05, 0) is 52.0 Å². The Balaban J connectivity index is 1.41. The zero-order valence-corrected chi connectivity index (χ0v) is 19.6. The molecule has 3 atom stereocenters. The van der Waals surface area contributed by atoms with E-state index in [0.717, 1.165) is 59.7 Å². The number of hydrogen-bond donors (Lipinski definition) is 1. The van der Waals surface area contributed by atoms with Gasteiger partial charge in [0.2, 0.25) is 5.91 Å². The molecule has 7 nitrogen and oxygen atoms in total. The molecule has 0 spiro atoms. The highest BCUT2D eigenvalue weighted by Gasteiger charge is 2.30. The van der Waals surface area contributed by atoms with E-state index in [1.807, 2.05) is 18.3 Å². The van der Waals surface area contributed by atoms with Crippen LogP contribution in [0, 0.1) is 0 Å². The van der Waals surface area contributed by atoms with Crippen LogP contribution in [0.2, 0.25) is 0 Å². The van der Waals surface area contributed by atoms with Gasteiger partial charge in [0, 0.05) is 41.4 Å². The molecule has 2 fully saturated rings. The van der Waals surface area contributed by atoms with E-state index in [9.17, 15) is 4.79 Å². The Kier molecular flexibility index (Phi) is 6.24. The van der Waals surface area contributed by atoms with E-state index in [0.29, 0.717) is 24.4 Å². The first kappa shape index (κ1) is 21.5. The number of hydrogen-bond acceptors (Lipinski definition) is 5. The number of aromatic amines is 1. The predicted molar refractivity (Wildman–Crippen MR) is 127 cm³/mol. The third-order valence-corrected chi connectivity index (χ3v) is 7.71. The van der Waals surface area contributed by atoms with Crippen LogP contribution in [-0.2, 0) is 16.1 Å². The van der Waals surface area contributed by atoms with Crippen LogP contribution in [0.25, 0.3) is 22.3 Å². The Hall–Kier alpha value is -2.32. The lowest BCUT2D eigenvalue weighted by Crippen LogP contribution is -2.48. The number of amides is 1. The molecule has 0 bridgehead atoms. The summed E-state index contributed by atoms with van der Waals surface area (Å²) in [4.78, 5) is 18.5. The molecular formula is C24H31N5O2S.